The highest BCUT2D eigenvalue weighted by molar-refractivity contribution is 5.98. The van der Waals surface area contributed by atoms with E-state index in [9.17, 15) is 9.59 Å². The molecule has 3 atom stereocenters. The van der Waals surface area contributed by atoms with Gasteiger partial charge in [0.05, 0.1) is 36.4 Å². The van der Waals surface area contributed by atoms with Gasteiger partial charge < -0.3 is 19.4 Å². The molecule has 2 saturated heterocycles. The number of hydrogen-bond acceptors (Lipinski definition) is 6. The third kappa shape index (κ3) is 4.40. The highest BCUT2D eigenvalue weighted by Crippen LogP contribution is 2.32. The summed E-state index contributed by atoms with van der Waals surface area (Å²) in [7, 11) is 1.68. The van der Waals surface area contributed by atoms with Crippen molar-refractivity contribution in [2.75, 3.05) is 38.4 Å². The van der Waals surface area contributed by atoms with E-state index in [0.29, 0.717) is 32.0 Å². The number of nitrogens with one attached hydrogen (secondary N) is 2. The topological polar surface area (TPSA) is 87.0 Å². The molecule has 30 heavy (non-hydrogen) atoms. The second-order valence-electron chi connectivity index (χ2n) is 7.78. The Morgan fingerprint density at radius 3 is 2.80 bits per heavy atom. The number of para-hydroxylation sites is 1. The normalized spacial score (nSPS) is 24.1. The molecule has 2 fully saturated rings. The number of piperidine rings is 1. The fourth-order valence-corrected chi connectivity index (χ4v) is 4.29. The second-order valence-corrected chi connectivity index (χ2v) is 7.78. The van der Waals surface area contributed by atoms with Crippen molar-refractivity contribution in [3.8, 4) is 0 Å². The molecule has 3 heterocycles. The number of rotatable bonds is 8. The standard InChI is InChI=1S/C22H28N4O4/c1-29-11-6-10-25-14-18(21(27)23-13-17-9-5-12-30-17)20-19(15-25)22(28)26(24-20)16-7-3-2-4-8-16/h2-5,7-9,12,18-20,24H,6,10-11,13-15H2,1H3,(H,23,27). The van der Waals surface area contributed by atoms with Crippen LogP contribution in [0.1, 0.15) is 12.2 Å². The molecule has 0 radical (unpaired) electrons. The third-order valence-corrected chi connectivity index (χ3v) is 5.78. The molecule has 0 aliphatic carbocycles. The number of likely N-dealkylation sites (tertiary alicyclic amines) is 1. The number of hydrogen-bond donors (Lipinski definition) is 2. The van der Waals surface area contributed by atoms with Crippen LogP contribution in [0.25, 0.3) is 0 Å². The van der Waals surface area contributed by atoms with E-state index in [-0.39, 0.29) is 29.7 Å². The number of fused-ring (bicyclic) bond motifs is 1. The first kappa shape index (κ1) is 20.6. The zero-order chi connectivity index (χ0) is 20.9. The van der Waals surface area contributed by atoms with E-state index >= 15 is 0 Å². The second kappa shape index (κ2) is 9.42. The minimum Gasteiger partial charge on any atom is -0.467 e. The predicted molar refractivity (Wildman–Crippen MR) is 111 cm³/mol. The molecule has 3 unspecified atom stereocenters. The first-order chi connectivity index (χ1) is 14.7. The van der Waals surface area contributed by atoms with Gasteiger partial charge in [-0.25, -0.2) is 10.4 Å². The van der Waals surface area contributed by atoms with Crippen LogP contribution >= 0.6 is 0 Å². The number of ether oxygens (including phenoxy) is 1. The summed E-state index contributed by atoms with van der Waals surface area (Å²) >= 11 is 0. The Morgan fingerprint density at radius 1 is 1.23 bits per heavy atom. The maximum Gasteiger partial charge on any atom is 0.247 e. The lowest BCUT2D eigenvalue weighted by atomic mass is 9.84. The zero-order valence-electron chi connectivity index (χ0n) is 17.1. The van der Waals surface area contributed by atoms with E-state index in [4.69, 9.17) is 9.15 Å². The number of benzene rings is 1. The number of amides is 2. The van der Waals surface area contributed by atoms with Gasteiger partial charge in [-0.15, -0.1) is 0 Å². The van der Waals surface area contributed by atoms with Gasteiger partial charge in [0.1, 0.15) is 5.76 Å². The summed E-state index contributed by atoms with van der Waals surface area (Å²) in [6.45, 7) is 3.00. The lowest BCUT2D eigenvalue weighted by Gasteiger charge is -2.38. The van der Waals surface area contributed by atoms with Gasteiger partial charge in [-0.3, -0.25) is 9.59 Å². The monoisotopic (exact) mass is 412 g/mol. The van der Waals surface area contributed by atoms with Crippen LogP contribution in [0.15, 0.2) is 53.1 Å². The van der Waals surface area contributed by atoms with Gasteiger partial charge in [0.15, 0.2) is 0 Å². The van der Waals surface area contributed by atoms with E-state index in [1.165, 1.54) is 0 Å². The lowest BCUT2D eigenvalue weighted by Crippen LogP contribution is -2.57. The molecule has 8 nitrogen and oxygen atoms in total. The van der Waals surface area contributed by atoms with Crippen molar-refractivity contribution in [3.05, 3.63) is 54.5 Å². The summed E-state index contributed by atoms with van der Waals surface area (Å²) < 4.78 is 10.5. The molecular weight excluding hydrogens is 384 g/mol. The van der Waals surface area contributed by atoms with Crippen LogP contribution in [0.5, 0.6) is 0 Å². The number of furan rings is 1. The fourth-order valence-electron chi connectivity index (χ4n) is 4.29. The first-order valence-electron chi connectivity index (χ1n) is 10.3. The van der Waals surface area contributed by atoms with E-state index in [2.05, 4.69) is 15.6 Å². The summed E-state index contributed by atoms with van der Waals surface area (Å²) in [4.78, 5) is 28.5. The Hall–Kier alpha value is -2.68. The van der Waals surface area contributed by atoms with Crippen molar-refractivity contribution in [2.45, 2.75) is 19.0 Å². The van der Waals surface area contributed by atoms with E-state index in [1.54, 1.807) is 24.4 Å². The first-order valence-corrected chi connectivity index (χ1v) is 10.3. The van der Waals surface area contributed by atoms with E-state index < -0.39 is 0 Å². The van der Waals surface area contributed by atoms with Gasteiger partial charge in [0.2, 0.25) is 11.8 Å². The Balaban J connectivity index is 1.50. The number of carbonyl (C=O) groups is 2. The maximum absolute atomic E-state index is 13.2. The van der Waals surface area contributed by atoms with Crippen LogP contribution < -0.4 is 15.8 Å². The zero-order valence-corrected chi connectivity index (χ0v) is 17.1. The molecule has 160 valence electrons. The minimum atomic E-state index is -0.348. The van der Waals surface area contributed by atoms with Crippen molar-refractivity contribution in [1.29, 1.82) is 0 Å². The van der Waals surface area contributed by atoms with Gasteiger partial charge in [0.25, 0.3) is 0 Å². The molecule has 1 aromatic carbocycles. The summed E-state index contributed by atoms with van der Waals surface area (Å²) in [5, 5.41) is 4.57. The number of hydrazine groups is 1. The Labute approximate surface area is 176 Å². The van der Waals surface area contributed by atoms with Crippen LogP contribution in [0.3, 0.4) is 0 Å². The van der Waals surface area contributed by atoms with Gasteiger partial charge in [-0.1, -0.05) is 18.2 Å². The molecule has 4 rings (SSSR count). The molecule has 0 saturated carbocycles. The predicted octanol–water partition coefficient (Wildman–Crippen LogP) is 1.40. The summed E-state index contributed by atoms with van der Waals surface area (Å²) in [5.41, 5.74) is 4.11. The smallest absolute Gasteiger partial charge is 0.247 e. The molecule has 2 aliphatic heterocycles. The molecule has 8 heteroatoms. The summed E-state index contributed by atoms with van der Waals surface area (Å²) in [6, 6.07) is 12.9. The molecule has 1 aromatic heterocycles. The highest BCUT2D eigenvalue weighted by atomic mass is 16.5. The van der Waals surface area contributed by atoms with Crippen LogP contribution in [-0.4, -0.2) is 56.1 Å². The molecule has 2 aliphatic rings. The largest absolute Gasteiger partial charge is 0.467 e. The summed E-state index contributed by atoms with van der Waals surface area (Å²) in [5.74, 6) is 0.00772. The van der Waals surface area contributed by atoms with Crippen molar-refractivity contribution < 1.29 is 18.7 Å². The van der Waals surface area contributed by atoms with Gasteiger partial charge in [-0.05, 0) is 30.7 Å². The quantitative estimate of drug-likeness (QED) is 0.638. The van der Waals surface area contributed by atoms with Crippen LogP contribution in [0.4, 0.5) is 5.69 Å². The van der Waals surface area contributed by atoms with Crippen LogP contribution in [0.2, 0.25) is 0 Å². The molecule has 0 spiro atoms. The molecular formula is C22H28N4O4. The lowest BCUT2D eigenvalue weighted by molar-refractivity contribution is -0.130. The Bertz CT molecular complexity index is 842. The van der Waals surface area contributed by atoms with Crippen molar-refractivity contribution in [2.24, 2.45) is 11.8 Å². The number of carbonyl (C=O) groups excluding carboxylic acids is 2. The Morgan fingerprint density at radius 2 is 2.07 bits per heavy atom. The van der Waals surface area contributed by atoms with Gasteiger partial charge in [-0.2, -0.15) is 0 Å². The van der Waals surface area contributed by atoms with E-state index in [1.807, 2.05) is 36.4 Å². The molecule has 2 amide bonds. The van der Waals surface area contributed by atoms with Gasteiger partial charge in [0, 0.05) is 33.4 Å². The van der Waals surface area contributed by atoms with E-state index in [0.717, 1.165) is 18.7 Å². The number of anilines is 1. The average molecular weight is 412 g/mol. The SMILES string of the molecule is COCCCN1CC(C(=O)NCc2ccco2)C2NN(c3ccccc3)C(=O)C2C1. The van der Waals surface area contributed by atoms with Gasteiger partial charge >= 0.3 is 0 Å². The molecule has 2 aromatic rings. The Kier molecular flexibility index (Phi) is 6.47. The summed E-state index contributed by atoms with van der Waals surface area (Å²) in [6.07, 6.45) is 2.45. The minimum absolute atomic E-state index is 0.00600. The van der Waals surface area contributed by atoms with Crippen molar-refractivity contribution in [1.82, 2.24) is 15.6 Å². The van der Waals surface area contributed by atoms with Crippen molar-refractivity contribution in [3.63, 3.8) is 0 Å². The van der Waals surface area contributed by atoms with Crippen molar-refractivity contribution >= 4 is 17.5 Å². The number of nitrogens with zero attached hydrogens (tertiary/aromatic N) is 2. The third-order valence-electron chi connectivity index (χ3n) is 5.78. The van der Waals surface area contributed by atoms with Crippen LogP contribution in [0, 0.1) is 11.8 Å². The average Bonchev–Trinajstić information content (AvgIpc) is 3.41. The maximum atomic E-state index is 13.2. The molecule has 2 N–H and O–H groups in total. The highest BCUT2D eigenvalue weighted by Gasteiger charge is 2.50. The number of methoxy groups -OCH3 is 1. The van der Waals surface area contributed by atoms with Crippen LogP contribution in [-0.2, 0) is 20.9 Å². The molecule has 0 bridgehead atoms. The fraction of sp³-hybridized carbons (Fsp3) is 0.455.